The Morgan fingerprint density at radius 3 is 2.62 bits per heavy atom. The molecule has 88 valence electrons. The van der Waals surface area contributed by atoms with E-state index in [9.17, 15) is 4.79 Å². The number of nitrogens with zero attached hydrogens (tertiary/aromatic N) is 1. The summed E-state index contributed by atoms with van der Waals surface area (Å²) >= 11 is 0. The van der Waals surface area contributed by atoms with Gasteiger partial charge >= 0.3 is 6.09 Å². The first-order valence-corrected chi connectivity index (χ1v) is 5.21. The second kappa shape index (κ2) is 6.85. The zero-order valence-electron chi connectivity index (χ0n) is 9.68. The summed E-state index contributed by atoms with van der Waals surface area (Å²) < 4.78 is 10.1. The van der Waals surface area contributed by atoms with Crippen LogP contribution in [0, 0.1) is 0 Å². The van der Waals surface area contributed by atoms with E-state index >= 15 is 0 Å². The Hall–Kier alpha value is -1.55. The van der Waals surface area contributed by atoms with Crippen molar-refractivity contribution in [1.29, 1.82) is 0 Å². The molecule has 0 heterocycles. The van der Waals surface area contributed by atoms with Gasteiger partial charge in [0, 0.05) is 27.3 Å². The molecule has 1 amide bonds. The standard InChI is InChI=1S/C12H17NO3/c1-13(9-6-10-15-2)12(14)16-11-7-4-3-5-8-11/h3-5,7-8H,6,9-10H2,1-2H3. The molecule has 0 N–H and O–H groups in total. The number of methoxy groups -OCH3 is 1. The smallest absolute Gasteiger partial charge is 0.410 e. The minimum absolute atomic E-state index is 0.345. The first-order chi connectivity index (χ1) is 7.74. The lowest BCUT2D eigenvalue weighted by molar-refractivity contribution is 0.150. The SMILES string of the molecule is COCCCN(C)C(=O)Oc1ccccc1. The molecule has 0 atom stereocenters. The van der Waals surface area contributed by atoms with Crippen molar-refractivity contribution < 1.29 is 14.3 Å². The molecule has 0 saturated heterocycles. The second-order valence-corrected chi connectivity index (χ2v) is 3.45. The highest BCUT2D eigenvalue weighted by atomic mass is 16.6. The second-order valence-electron chi connectivity index (χ2n) is 3.45. The lowest BCUT2D eigenvalue weighted by Crippen LogP contribution is -2.31. The highest BCUT2D eigenvalue weighted by molar-refractivity contribution is 5.70. The monoisotopic (exact) mass is 223 g/mol. The molecule has 0 aliphatic heterocycles. The molecular weight excluding hydrogens is 206 g/mol. The molecule has 0 unspecified atom stereocenters. The van der Waals surface area contributed by atoms with Crippen molar-refractivity contribution in [3.05, 3.63) is 30.3 Å². The van der Waals surface area contributed by atoms with Gasteiger partial charge in [-0.05, 0) is 18.6 Å². The van der Waals surface area contributed by atoms with Crippen molar-refractivity contribution in [2.24, 2.45) is 0 Å². The fraction of sp³-hybridized carbons (Fsp3) is 0.417. The van der Waals surface area contributed by atoms with Crippen molar-refractivity contribution in [2.75, 3.05) is 27.3 Å². The van der Waals surface area contributed by atoms with Gasteiger partial charge in [0.2, 0.25) is 0 Å². The molecule has 0 aliphatic carbocycles. The van der Waals surface area contributed by atoms with Gasteiger partial charge in [0.05, 0.1) is 0 Å². The van der Waals surface area contributed by atoms with Gasteiger partial charge in [-0.25, -0.2) is 4.79 Å². The van der Waals surface area contributed by atoms with E-state index in [1.165, 1.54) is 4.90 Å². The highest BCUT2D eigenvalue weighted by Crippen LogP contribution is 2.09. The maximum Gasteiger partial charge on any atom is 0.414 e. The van der Waals surface area contributed by atoms with Gasteiger partial charge in [-0.1, -0.05) is 18.2 Å². The van der Waals surface area contributed by atoms with E-state index in [0.29, 0.717) is 18.9 Å². The Bertz CT molecular complexity index is 313. The number of para-hydroxylation sites is 1. The molecule has 0 aromatic heterocycles. The fourth-order valence-corrected chi connectivity index (χ4v) is 1.20. The van der Waals surface area contributed by atoms with Gasteiger partial charge in [-0.15, -0.1) is 0 Å². The molecule has 0 spiro atoms. The Kier molecular flexibility index (Phi) is 5.36. The minimum Gasteiger partial charge on any atom is -0.410 e. The van der Waals surface area contributed by atoms with E-state index in [1.807, 2.05) is 18.2 Å². The van der Waals surface area contributed by atoms with Gasteiger partial charge in [0.15, 0.2) is 0 Å². The van der Waals surface area contributed by atoms with E-state index in [4.69, 9.17) is 9.47 Å². The predicted molar refractivity (Wildman–Crippen MR) is 61.6 cm³/mol. The fourth-order valence-electron chi connectivity index (χ4n) is 1.20. The van der Waals surface area contributed by atoms with E-state index in [0.717, 1.165) is 6.42 Å². The zero-order chi connectivity index (χ0) is 11.8. The summed E-state index contributed by atoms with van der Waals surface area (Å²) in [4.78, 5) is 13.1. The zero-order valence-corrected chi connectivity index (χ0v) is 9.68. The van der Waals surface area contributed by atoms with Crippen molar-refractivity contribution in [3.63, 3.8) is 0 Å². The molecule has 0 bridgehead atoms. The Balaban J connectivity index is 2.34. The van der Waals surface area contributed by atoms with Crippen LogP contribution in [-0.4, -0.2) is 38.3 Å². The van der Waals surface area contributed by atoms with Crippen LogP contribution in [0.15, 0.2) is 30.3 Å². The minimum atomic E-state index is -0.345. The molecule has 4 heteroatoms. The molecule has 0 aliphatic rings. The van der Waals surface area contributed by atoms with E-state index in [-0.39, 0.29) is 6.09 Å². The summed E-state index contributed by atoms with van der Waals surface area (Å²) in [5.41, 5.74) is 0. The first kappa shape index (κ1) is 12.5. The van der Waals surface area contributed by atoms with Crippen molar-refractivity contribution in [2.45, 2.75) is 6.42 Å². The van der Waals surface area contributed by atoms with Gasteiger partial charge in [0.1, 0.15) is 5.75 Å². The van der Waals surface area contributed by atoms with E-state index in [2.05, 4.69) is 0 Å². The van der Waals surface area contributed by atoms with Crippen molar-refractivity contribution in [1.82, 2.24) is 4.90 Å². The first-order valence-electron chi connectivity index (χ1n) is 5.21. The number of amides is 1. The third-order valence-electron chi connectivity index (χ3n) is 2.10. The molecular formula is C12H17NO3. The molecule has 1 aromatic carbocycles. The normalized spacial score (nSPS) is 9.88. The lowest BCUT2D eigenvalue weighted by atomic mass is 10.3. The summed E-state index contributed by atoms with van der Waals surface area (Å²) in [6.07, 6.45) is 0.457. The third kappa shape index (κ3) is 4.31. The molecule has 16 heavy (non-hydrogen) atoms. The number of rotatable bonds is 5. The topological polar surface area (TPSA) is 38.8 Å². The number of benzene rings is 1. The van der Waals surface area contributed by atoms with Gasteiger partial charge in [0.25, 0.3) is 0 Å². The van der Waals surface area contributed by atoms with Gasteiger partial charge in [-0.2, -0.15) is 0 Å². The van der Waals surface area contributed by atoms with Crippen LogP contribution in [0.1, 0.15) is 6.42 Å². The van der Waals surface area contributed by atoms with Gasteiger partial charge in [-0.3, -0.25) is 0 Å². The van der Waals surface area contributed by atoms with Crippen LogP contribution in [0.25, 0.3) is 0 Å². The van der Waals surface area contributed by atoms with Crippen LogP contribution in [0.4, 0.5) is 4.79 Å². The lowest BCUT2D eigenvalue weighted by Gasteiger charge is -2.16. The maximum absolute atomic E-state index is 11.6. The molecule has 1 rings (SSSR count). The maximum atomic E-state index is 11.6. The van der Waals surface area contributed by atoms with Gasteiger partial charge < -0.3 is 14.4 Å². The van der Waals surface area contributed by atoms with Crippen LogP contribution in [0.5, 0.6) is 5.75 Å². The van der Waals surface area contributed by atoms with Crippen LogP contribution in [0.2, 0.25) is 0 Å². The largest absolute Gasteiger partial charge is 0.414 e. The number of carbonyl (C=O) groups excluding carboxylic acids is 1. The van der Waals surface area contributed by atoms with E-state index in [1.54, 1.807) is 26.3 Å². The van der Waals surface area contributed by atoms with Crippen LogP contribution in [-0.2, 0) is 4.74 Å². The molecule has 1 aromatic rings. The van der Waals surface area contributed by atoms with Crippen molar-refractivity contribution >= 4 is 6.09 Å². The van der Waals surface area contributed by atoms with Crippen LogP contribution in [0.3, 0.4) is 0 Å². The summed E-state index contributed by atoms with van der Waals surface area (Å²) in [5, 5.41) is 0. The number of hydrogen-bond acceptors (Lipinski definition) is 3. The number of hydrogen-bond donors (Lipinski definition) is 0. The Morgan fingerprint density at radius 1 is 1.31 bits per heavy atom. The summed E-state index contributed by atoms with van der Waals surface area (Å²) in [5.74, 6) is 0.561. The highest BCUT2D eigenvalue weighted by Gasteiger charge is 2.09. The molecule has 0 fully saturated rings. The molecule has 0 saturated carbocycles. The Morgan fingerprint density at radius 2 is 2.00 bits per heavy atom. The van der Waals surface area contributed by atoms with E-state index < -0.39 is 0 Å². The quantitative estimate of drug-likeness (QED) is 0.718. The average molecular weight is 223 g/mol. The summed E-state index contributed by atoms with van der Waals surface area (Å²) in [6.45, 7) is 1.27. The number of ether oxygens (including phenoxy) is 2. The average Bonchev–Trinajstić information content (AvgIpc) is 2.30. The predicted octanol–water partition coefficient (Wildman–Crippen LogP) is 2.15. The summed E-state index contributed by atoms with van der Waals surface area (Å²) in [6, 6.07) is 9.03. The Labute approximate surface area is 95.8 Å². The third-order valence-corrected chi connectivity index (χ3v) is 2.10. The molecule has 0 radical (unpaired) electrons. The summed E-state index contributed by atoms with van der Waals surface area (Å²) in [7, 11) is 3.35. The number of carbonyl (C=O) groups is 1. The van der Waals surface area contributed by atoms with Crippen molar-refractivity contribution in [3.8, 4) is 5.75 Å². The molecule has 4 nitrogen and oxygen atoms in total. The van der Waals surface area contributed by atoms with Crippen LogP contribution >= 0.6 is 0 Å². The van der Waals surface area contributed by atoms with Crippen LogP contribution < -0.4 is 4.74 Å².